The number of rotatable bonds is 11. The summed E-state index contributed by atoms with van der Waals surface area (Å²) in [5.41, 5.74) is 1.47. The fourth-order valence-electron chi connectivity index (χ4n) is 4.53. The topological polar surface area (TPSA) is 66.9 Å². The summed E-state index contributed by atoms with van der Waals surface area (Å²) in [7, 11) is 1.84. The lowest BCUT2D eigenvalue weighted by atomic mass is 9.94. The molecular weight excluding hydrogens is 376 g/mol. The third kappa shape index (κ3) is 7.25. The number of hydrogen-bond donors (Lipinski definition) is 3. The average Bonchev–Trinajstić information content (AvgIpc) is 3.46. The summed E-state index contributed by atoms with van der Waals surface area (Å²) in [6, 6.07) is 11.1. The lowest BCUT2D eigenvalue weighted by Gasteiger charge is -2.35. The van der Waals surface area contributed by atoms with Crippen LogP contribution in [0, 0.1) is 5.92 Å². The van der Waals surface area contributed by atoms with Gasteiger partial charge in [-0.1, -0.05) is 43.2 Å². The van der Waals surface area contributed by atoms with Crippen LogP contribution < -0.4 is 16.0 Å². The second kappa shape index (κ2) is 12.3. The van der Waals surface area contributed by atoms with Crippen LogP contribution in [0.25, 0.3) is 0 Å². The summed E-state index contributed by atoms with van der Waals surface area (Å²) in [4.78, 5) is 4.41. The molecule has 0 amide bonds. The van der Waals surface area contributed by atoms with E-state index in [9.17, 15) is 0 Å². The molecule has 6 heteroatoms. The zero-order valence-electron chi connectivity index (χ0n) is 18.8. The van der Waals surface area contributed by atoms with Crippen LogP contribution >= 0.6 is 0 Å². The molecule has 0 bridgehead atoms. The van der Waals surface area contributed by atoms with Gasteiger partial charge in [0.2, 0.25) is 0 Å². The normalized spacial score (nSPS) is 22.2. The molecule has 2 aliphatic rings. The third-order valence-corrected chi connectivity index (χ3v) is 6.34. The molecule has 0 spiro atoms. The molecule has 6 nitrogen and oxygen atoms in total. The Hall–Kier alpha value is -1.63. The van der Waals surface area contributed by atoms with Crippen LogP contribution in [0.2, 0.25) is 0 Å². The lowest BCUT2D eigenvalue weighted by Crippen LogP contribution is -2.54. The lowest BCUT2D eigenvalue weighted by molar-refractivity contribution is 0.0888. The first-order chi connectivity index (χ1) is 14.7. The summed E-state index contributed by atoms with van der Waals surface area (Å²) in [6.45, 7) is 7.36. The summed E-state index contributed by atoms with van der Waals surface area (Å²) in [6.07, 6.45) is 7.08. The smallest absolute Gasteiger partial charge is 0.191 e. The highest BCUT2D eigenvalue weighted by molar-refractivity contribution is 5.79. The van der Waals surface area contributed by atoms with Crippen LogP contribution in [0.4, 0.5) is 0 Å². The molecule has 1 saturated carbocycles. The van der Waals surface area contributed by atoms with Crippen LogP contribution in [0.1, 0.15) is 57.1 Å². The van der Waals surface area contributed by atoms with Gasteiger partial charge in [0.25, 0.3) is 0 Å². The van der Waals surface area contributed by atoms with E-state index < -0.39 is 0 Å². The van der Waals surface area contributed by atoms with Gasteiger partial charge in [-0.3, -0.25) is 4.99 Å². The van der Waals surface area contributed by atoms with Gasteiger partial charge in [0, 0.05) is 50.8 Å². The molecule has 0 radical (unpaired) electrons. The quantitative estimate of drug-likeness (QED) is 0.294. The summed E-state index contributed by atoms with van der Waals surface area (Å²) < 4.78 is 11.2. The van der Waals surface area contributed by atoms with E-state index in [4.69, 9.17) is 9.47 Å². The monoisotopic (exact) mass is 416 g/mol. The second-order valence-electron chi connectivity index (χ2n) is 8.77. The van der Waals surface area contributed by atoms with Crippen molar-refractivity contribution in [2.24, 2.45) is 10.9 Å². The molecule has 2 unspecified atom stereocenters. The standard InChI is InChI=1S/C24H40N4O2/c1-20(22-9-4-3-5-10-22)28-24(12-6-7-13-24)19-27-23(25-2)26-14-8-15-29-17-21-11-16-30-18-21/h3-5,9-10,20-21,28H,6-8,11-19H2,1-2H3,(H2,25,26,27). The van der Waals surface area contributed by atoms with Crippen molar-refractivity contribution in [2.75, 3.05) is 46.6 Å². The minimum Gasteiger partial charge on any atom is -0.381 e. The van der Waals surface area contributed by atoms with E-state index in [1.165, 1.54) is 31.2 Å². The van der Waals surface area contributed by atoms with Crippen molar-refractivity contribution < 1.29 is 9.47 Å². The van der Waals surface area contributed by atoms with Gasteiger partial charge in [-0.15, -0.1) is 0 Å². The van der Waals surface area contributed by atoms with Gasteiger partial charge in [0.05, 0.1) is 13.2 Å². The maximum atomic E-state index is 5.79. The average molecular weight is 417 g/mol. The molecular formula is C24H40N4O2. The molecule has 1 aliphatic heterocycles. The molecule has 30 heavy (non-hydrogen) atoms. The van der Waals surface area contributed by atoms with E-state index in [2.05, 4.69) is 58.2 Å². The number of ether oxygens (including phenoxy) is 2. The van der Waals surface area contributed by atoms with Crippen molar-refractivity contribution in [3.8, 4) is 0 Å². The minimum atomic E-state index is 0.124. The second-order valence-corrected chi connectivity index (χ2v) is 8.77. The Morgan fingerprint density at radius 2 is 2.03 bits per heavy atom. The van der Waals surface area contributed by atoms with Gasteiger partial charge in [0.15, 0.2) is 5.96 Å². The number of benzene rings is 1. The van der Waals surface area contributed by atoms with Gasteiger partial charge in [-0.25, -0.2) is 0 Å². The van der Waals surface area contributed by atoms with Crippen LogP contribution in [-0.2, 0) is 9.47 Å². The first-order valence-corrected chi connectivity index (χ1v) is 11.6. The molecule has 2 atom stereocenters. The highest BCUT2D eigenvalue weighted by Gasteiger charge is 2.35. The fraction of sp³-hybridized carbons (Fsp3) is 0.708. The Bertz CT molecular complexity index is 625. The van der Waals surface area contributed by atoms with Crippen molar-refractivity contribution in [2.45, 2.75) is 57.0 Å². The number of aliphatic imine (C=N–C) groups is 1. The summed E-state index contributed by atoms with van der Waals surface area (Å²) >= 11 is 0. The SMILES string of the molecule is CN=C(NCCCOCC1CCOC1)NCC1(NC(C)c2ccccc2)CCCC1. The first kappa shape index (κ1) is 23.0. The largest absolute Gasteiger partial charge is 0.381 e. The number of nitrogens with zero attached hydrogens (tertiary/aromatic N) is 1. The predicted molar refractivity (Wildman–Crippen MR) is 123 cm³/mol. The Balaban J connectivity index is 1.37. The Kier molecular flexibility index (Phi) is 9.43. The van der Waals surface area contributed by atoms with Crippen molar-refractivity contribution in [3.63, 3.8) is 0 Å². The van der Waals surface area contributed by atoms with Gasteiger partial charge < -0.3 is 25.4 Å². The van der Waals surface area contributed by atoms with Gasteiger partial charge in [-0.05, 0) is 38.2 Å². The van der Waals surface area contributed by atoms with Gasteiger partial charge >= 0.3 is 0 Å². The maximum absolute atomic E-state index is 5.79. The number of nitrogens with one attached hydrogen (secondary N) is 3. The molecule has 3 N–H and O–H groups in total. The van der Waals surface area contributed by atoms with E-state index in [1.54, 1.807) is 0 Å². The van der Waals surface area contributed by atoms with E-state index in [0.717, 1.165) is 58.3 Å². The van der Waals surface area contributed by atoms with Crippen LogP contribution in [-0.4, -0.2) is 58.1 Å². The maximum Gasteiger partial charge on any atom is 0.191 e. The molecule has 3 rings (SSSR count). The van der Waals surface area contributed by atoms with E-state index in [1.807, 2.05) is 7.05 Å². The molecule has 1 heterocycles. The third-order valence-electron chi connectivity index (χ3n) is 6.34. The van der Waals surface area contributed by atoms with Crippen molar-refractivity contribution in [3.05, 3.63) is 35.9 Å². The molecule has 0 aromatic heterocycles. The predicted octanol–water partition coefficient (Wildman–Crippen LogP) is 3.26. The zero-order chi connectivity index (χ0) is 21.1. The van der Waals surface area contributed by atoms with E-state index in [-0.39, 0.29) is 5.54 Å². The molecule has 1 aromatic carbocycles. The molecule has 1 saturated heterocycles. The number of guanidine groups is 1. The highest BCUT2D eigenvalue weighted by atomic mass is 16.5. The van der Waals surface area contributed by atoms with Gasteiger partial charge in [-0.2, -0.15) is 0 Å². The highest BCUT2D eigenvalue weighted by Crippen LogP contribution is 2.31. The van der Waals surface area contributed by atoms with Crippen LogP contribution in [0.15, 0.2) is 35.3 Å². The Morgan fingerprint density at radius 3 is 2.73 bits per heavy atom. The van der Waals surface area contributed by atoms with Crippen LogP contribution in [0.3, 0.4) is 0 Å². The van der Waals surface area contributed by atoms with Gasteiger partial charge in [0.1, 0.15) is 0 Å². The zero-order valence-corrected chi connectivity index (χ0v) is 18.8. The molecule has 1 aromatic rings. The summed E-state index contributed by atoms with van der Waals surface area (Å²) in [5, 5.41) is 10.9. The van der Waals surface area contributed by atoms with E-state index >= 15 is 0 Å². The van der Waals surface area contributed by atoms with E-state index in [0.29, 0.717) is 12.0 Å². The molecule has 168 valence electrons. The minimum absolute atomic E-state index is 0.124. The van der Waals surface area contributed by atoms with Crippen molar-refractivity contribution in [1.29, 1.82) is 0 Å². The number of hydrogen-bond acceptors (Lipinski definition) is 4. The fourth-order valence-corrected chi connectivity index (χ4v) is 4.53. The molecule has 1 aliphatic carbocycles. The van der Waals surface area contributed by atoms with Crippen LogP contribution in [0.5, 0.6) is 0 Å². The Morgan fingerprint density at radius 1 is 1.23 bits per heavy atom. The summed E-state index contributed by atoms with van der Waals surface area (Å²) in [5.74, 6) is 1.46. The van der Waals surface area contributed by atoms with Crippen molar-refractivity contribution in [1.82, 2.24) is 16.0 Å². The first-order valence-electron chi connectivity index (χ1n) is 11.6. The Labute approximate surface area is 182 Å². The van der Waals surface area contributed by atoms with Crippen molar-refractivity contribution >= 4 is 5.96 Å². The molecule has 2 fully saturated rings.